The standard InChI is InChI=1S/C27H43N3O3/c1-19(2)17-22(21(24(28)31)14-15-27(3,4)5)25(32)29-23-13-9-10-16-30(26(23)33)18-20-11-7-6-8-12-20/h6-8,11-12,19,21-23H,9-10,13-18H2,1-5H3,(H2,28,31)(H,29,32)/t21-,22+,23-/m0/s1. The number of hydrogen-bond donors (Lipinski definition) is 2. The maximum Gasteiger partial charge on any atom is 0.245 e. The summed E-state index contributed by atoms with van der Waals surface area (Å²) in [5, 5.41) is 3.02. The van der Waals surface area contributed by atoms with Crippen LogP contribution in [0.3, 0.4) is 0 Å². The second-order valence-corrected chi connectivity index (χ2v) is 11.1. The first-order chi connectivity index (χ1) is 15.5. The van der Waals surface area contributed by atoms with Crippen molar-refractivity contribution in [3.05, 3.63) is 35.9 Å². The minimum absolute atomic E-state index is 0.0432. The van der Waals surface area contributed by atoms with Crippen molar-refractivity contribution in [2.24, 2.45) is 28.9 Å². The Labute approximate surface area is 199 Å². The molecule has 0 spiro atoms. The van der Waals surface area contributed by atoms with Crippen LogP contribution in [0.1, 0.15) is 78.7 Å². The number of amides is 3. The molecule has 1 saturated heterocycles. The van der Waals surface area contributed by atoms with Crippen molar-refractivity contribution in [1.82, 2.24) is 10.2 Å². The van der Waals surface area contributed by atoms with Gasteiger partial charge in [0.05, 0.1) is 0 Å². The average Bonchev–Trinajstić information content (AvgIpc) is 2.88. The number of nitrogens with zero attached hydrogens (tertiary/aromatic N) is 1. The number of carbonyl (C=O) groups is 3. The predicted molar refractivity (Wildman–Crippen MR) is 132 cm³/mol. The number of likely N-dealkylation sites (tertiary alicyclic amines) is 1. The molecular formula is C27H43N3O3. The summed E-state index contributed by atoms with van der Waals surface area (Å²) < 4.78 is 0. The van der Waals surface area contributed by atoms with Gasteiger partial charge in [0.1, 0.15) is 6.04 Å². The molecule has 0 unspecified atom stereocenters. The Balaban J connectivity index is 2.16. The van der Waals surface area contributed by atoms with Crippen molar-refractivity contribution < 1.29 is 14.4 Å². The van der Waals surface area contributed by atoms with Crippen LogP contribution in [0.4, 0.5) is 0 Å². The molecule has 184 valence electrons. The Morgan fingerprint density at radius 3 is 2.36 bits per heavy atom. The molecular weight excluding hydrogens is 414 g/mol. The molecule has 1 aromatic carbocycles. The number of hydrogen-bond acceptors (Lipinski definition) is 3. The Morgan fingerprint density at radius 1 is 1.12 bits per heavy atom. The van der Waals surface area contributed by atoms with E-state index in [0.717, 1.165) is 24.8 Å². The summed E-state index contributed by atoms with van der Waals surface area (Å²) in [4.78, 5) is 41.0. The topological polar surface area (TPSA) is 92.5 Å². The van der Waals surface area contributed by atoms with Gasteiger partial charge < -0.3 is 16.0 Å². The van der Waals surface area contributed by atoms with Gasteiger partial charge in [0.2, 0.25) is 17.7 Å². The lowest BCUT2D eigenvalue weighted by molar-refractivity contribution is -0.139. The quantitative estimate of drug-likeness (QED) is 0.549. The summed E-state index contributed by atoms with van der Waals surface area (Å²) in [6, 6.07) is 9.35. The van der Waals surface area contributed by atoms with Crippen molar-refractivity contribution in [3.63, 3.8) is 0 Å². The smallest absolute Gasteiger partial charge is 0.245 e. The summed E-state index contributed by atoms with van der Waals surface area (Å²) in [5.74, 6) is -1.52. The molecule has 1 fully saturated rings. The SMILES string of the molecule is CC(C)C[C@@H](C(=O)N[C@H]1CCCCN(Cc2ccccc2)C1=O)[C@H](CCC(C)(C)C)C(N)=O. The molecule has 0 aliphatic carbocycles. The molecule has 3 N–H and O–H groups in total. The number of nitrogens with one attached hydrogen (secondary N) is 1. The lowest BCUT2D eigenvalue weighted by Gasteiger charge is -2.30. The zero-order chi connectivity index (χ0) is 24.6. The number of carbonyl (C=O) groups excluding carboxylic acids is 3. The van der Waals surface area contributed by atoms with Gasteiger partial charge in [-0.15, -0.1) is 0 Å². The van der Waals surface area contributed by atoms with Gasteiger partial charge in [0.15, 0.2) is 0 Å². The van der Waals surface area contributed by atoms with Crippen LogP contribution in [0.15, 0.2) is 30.3 Å². The minimum atomic E-state index is -0.561. The molecule has 0 aromatic heterocycles. The maximum absolute atomic E-state index is 13.5. The largest absolute Gasteiger partial charge is 0.369 e. The Morgan fingerprint density at radius 2 is 1.79 bits per heavy atom. The maximum atomic E-state index is 13.5. The Bertz CT molecular complexity index is 786. The van der Waals surface area contributed by atoms with Gasteiger partial charge in [-0.2, -0.15) is 0 Å². The number of primary amides is 1. The van der Waals surface area contributed by atoms with Crippen LogP contribution in [-0.2, 0) is 20.9 Å². The summed E-state index contributed by atoms with van der Waals surface area (Å²) in [6.07, 6.45) is 4.35. The Hall–Kier alpha value is -2.37. The normalized spacial score (nSPS) is 19.2. The molecule has 0 bridgehead atoms. The van der Waals surface area contributed by atoms with Gasteiger partial charge in [0, 0.05) is 24.9 Å². The monoisotopic (exact) mass is 457 g/mol. The third kappa shape index (κ3) is 8.82. The van der Waals surface area contributed by atoms with Crippen LogP contribution in [0, 0.1) is 23.2 Å². The highest BCUT2D eigenvalue weighted by atomic mass is 16.2. The van der Waals surface area contributed by atoms with E-state index < -0.39 is 23.8 Å². The highest BCUT2D eigenvalue weighted by molar-refractivity contribution is 5.91. The van der Waals surface area contributed by atoms with Gasteiger partial charge in [0.25, 0.3) is 0 Å². The van der Waals surface area contributed by atoms with Crippen molar-refractivity contribution in [3.8, 4) is 0 Å². The molecule has 0 radical (unpaired) electrons. The second kappa shape index (κ2) is 12.2. The van der Waals surface area contributed by atoms with E-state index in [4.69, 9.17) is 5.73 Å². The van der Waals surface area contributed by atoms with Crippen LogP contribution >= 0.6 is 0 Å². The van der Waals surface area contributed by atoms with E-state index in [-0.39, 0.29) is 23.1 Å². The van der Waals surface area contributed by atoms with Crippen molar-refractivity contribution in [1.29, 1.82) is 0 Å². The van der Waals surface area contributed by atoms with E-state index in [1.807, 2.05) is 49.1 Å². The molecule has 0 saturated carbocycles. The fourth-order valence-electron chi connectivity index (χ4n) is 4.57. The first-order valence-corrected chi connectivity index (χ1v) is 12.4. The lowest BCUT2D eigenvalue weighted by atomic mass is 9.78. The molecule has 3 amide bonds. The van der Waals surface area contributed by atoms with Crippen LogP contribution in [0.25, 0.3) is 0 Å². The van der Waals surface area contributed by atoms with Crippen molar-refractivity contribution in [2.75, 3.05) is 6.54 Å². The van der Waals surface area contributed by atoms with Crippen LogP contribution < -0.4 is 11.1 Å². The molecule has 1 heterocycles. The Kier molecular flexibility index (Phi) is 9.93. The van der Waals surface area contributed by atoms with E-state index in [1.165, 1.54) is 0 Å². The zero-order valence-corrected chi connectivity index (χ0v) is 21.1. The minimum Gasteiger partial charge on any atom is -0.369 e. The van der Waals surface area contributed by atoms with Gasteiger partial charge in [-0.3, -0.25) is 14.4 Å². The molecule has 2 rings (SSSR count). The lowest BCUT2D eigenvalue weighted by Crippen LogP contribution is -2.50. The third-order valence-corrected chi connectivity index (χ3v) is 6.43. The van der Waals surface area contributed by atoms with Gasteiger partial charge in [-0.1, -0.05) is 65.0 Å². The average molecular weight is 458 g/mol. The molecule has 1 aliphatic heterocycles. The van der Waals surface area contributed by atoms with Crippen molar-refractivity contribution in [2.45, 2.75) is 85.7 Å². The van der Waals surface area contributed by atoms with Crippen LogP contribution in [0.5, 0.6) is 0 Å². The molecule has 6 heteroatoms. The van der Waals surface area contributed by atoms with Gasteiger partial charge >= 0.3 is 0 Å². The first-order valence-electron chi connectivity index (χ1n) is 12.4. The van der Waals surface area contributed by atoms with E-state index >= 15 is 0 Å². The molecule has 3 atom stereocenters. The van der Waals surface area contributed by atoms with E-state index in [9.17, 15) is 14.4 Å². The third-order valence-electron chi connectivity index (χ3n) is 6.43. The number of rotatable bonds is 10. The van der Waals surface area contributed by atoms with E-state index in [0.29, 0.717) is 32.4 Å². The van der Waals surface area contributed by atoms with E-state index in [1.54, 1.807) is 0 Å². The first kappa shape index (κ1) is 26.9. The fraction of sp³-hybridized carbons (Fsp3) is 0.667. The summed E-state index contributed by atoms with van der Waals surface area (Å²) in [7, 11) is 0. The van der Waals surface area contributed by atoms with Crippen LogP contribution in [0.2, 0.25) is 0 Å². The van der Waals surface area contributed by atoms with Gasteiger partial charge in [-0.25, -0.2) is 0 Å². The summed E-state index contributed by atoms with van der Waals surface area (Å²) >= 11 is 0. The number of benzene rings is 1. The van der Waals surface area contributed by atoms with E-state index in [2.05, 4.69) is 26.1 Å². The molecule has 6 nitrogen and oxygen atoms in total. The highest BCUT2D eigenvalue weighted by Gasteiger charge is 2.36. The highest BCUT2D eigenvalue weighted by Crippen LogP contribution is 2.30. The second-order valence-electron chi connectivity index (χ2n) is 11.1. The fourth-order valence-corrected chi connectivity index (χ4v) is 4.57. The van der Waals surface area contributed by atoms with Crippen LogP contribution in [-0.4, -0.2) is 35.2 Å². The number of nitrogens with two attached hydrogens (primary N) is 1. The zero-order valence-electron chi connectivity index (χ0n) is 21.1. The molecule has 1 aromatic rings. The molecule has 33 heavy (non-hydrogen) atoms. The predicted octanol–water partition coefficient (Wildman–Crippen LogP) is 4.27. The van der Waals surface area contributed by atoms with Crippen molar-refractivity contribution >= 4 is 17.7 Å². The van der Waals surface area contributed by atoms with Gasteiger partial charge in [-0.05, 0) is 55.4 Å². The molecule has 1 aliphatic rings. The summed E-state index contributed by atoms with van der Waals surface area (Å²) in [5.41, 5.74) is 6.90. The summed E-state index contributed by atoms with van der Waals surface area (Å²) in [6.45, 7) is 11.7.